The Morgan fingerprint density at radius 1 is 1.19 bits per heavy atom. The van der Waals surface area contributed by atoms with Crippen LogP contribution in [0.3, 0.4) is 0 Å². The number of nitrogens with one attached hydrogen (secondary N) is 2. The minimum absolute atomic E-state index is 0.0734. The fourth-order valence-corrected chi connectivity index (χ4v) is 5.34. The normalized spacial score (nSPS) is 13.7. The van der Waals surface area contributed by atoms with E-state index in [4.69, 9.17) is 4.74 Å². The van der Waals surface area contributed by atoms with Crippen LogP contribution in [0.4, 0.5) is 0 Å². The maximum atomic E-state index is 12.6. The molecule has 6 nitrogen and oxygen atoms in total. The van der Waals surface area contributed by atoms with Crippen LogP contribution in [-0.4, -0.2) is 29.0 Å². The number of aryl methyl sites for hydroxylation is 3. The zero-order chi connectivity index (χ0) is 22.7. The lowest BCUT2D eigenvalue weighted by Crippen LogP contribution is -2.28. The Kier molecular flexibility index (Phi) is 6.65. The number of aromatic amines is 1. The second kappa shape index (κ2) is 9.45. The fraction of sp³-hybridized carbons (Fsp3) is 0.480. The lowest BCUT2D eigenvalue weighted by molar-refractivity contribution is -0.121. The van der Waals surface area contributed by atoms with E-state index in [-0.39, 0.29) is 23.3 Å². The molecule has 2 N–H and O–H groups in total. The van der Waals surface area contributed by atoms with E-state index in [2.05, 4.69) is 48.2 Å². The Morgan fingerprint density at radius 2 is 1.94 bits per heavy atom. The fourth-order valence-electron chi connectivity index (χ4n) is 4.06. The van der Waals surface area contributed by atoms with E-state index in [1.807, 2.05) is 12.1 Å². The third-order valence-corrected chi connectivity index (χ3v) is 7.06. The molecule has 0 atom stereocenters. The SMILES string of the molecule is CC(C)(C)c1ccc(OCCNC(=O)CCc2nc3sc4c(c3c(=O)[nH]2)CCCC4)cc1. The van der Waals surface area contributed by atoms with Crippen LogP contribution in [0.2, 0.25) is 0 Å². The van der Waals surface area contributed by atoms with Crippen LogP contribution in [-0.2, 0) is 29.5 Å². The van der Waals surface area contributed by atoms with Gasteiger partial charge in [-0.25, -0.2) is 4.98 Å². The van der Waals surface area contributed by atoms with Gasteiger partial charge in [-0.05, 0) is 54.4 Å². The summed E-state index contributed by atoms with van der Waals surface area (Å²) in [6.45, 7) is 7.36. The maximum absolute atomic E-state index is 12.6. The number of ether oxygens (including phenoxy) is 1. The zero-order valence-corrected chi connectivity index (χ0v) is 19.9. The van der Waals surface area contributed by atoms with Crippen molar-refractivity contribution in [1.82, 2.24) is 15.3 Å². The highest BCUT2D eigenvalue weighted by Gasteiger charge is 2.20. The summed E-state index contributed by atoms with van der Waals surface area (Å²) in [5.74, 6) is 1.29. The van der Waals surface area contributed by atoms with E-state index in [0.717, 1.165) is 35.2 Å². The van der Waals surface area contributed by atoms with E-state index < -0.39 is 0 Å². The largest absolute Gasteiger partial charge is 0.492 e. The minimum atomic E-state index is -0.0788. The predicted octanol–water partition coefficient (Wildman–Crippen LogP) is 4.29. The van der Waals surface area contributed by atoms with Crippen molar-refractivity contribution in [3.63, 3.8) is 0 Å². The van der Waals surface area contributed by atoms with Crippen molar-refractivity contribution in [2.24, 2.45) is 0 Å². The maximum Gasteiger partial charge on any atom is 0.259 e. The number of rotatable bonds is 7. The summed E-state index contributed by atoms with van der Waals surface area (Å²) in [4.78, 5) is 34.4. The van der Waals surface area contributed by atoms with E-state index in [1.54, 1.807) is 11.3 Å². The second-order valence-electron chi connectivity index (χ2n) is 9.38. The van der Waals surface area contributed by atoms with Crippen LogP contribution >= 0.6 is 11.3 Å². The van der Waals surface area contributed by atoms with Crippen LogP contribution < -0.4 is 15.6 Å². The molecule has 1 aliphatic rings. The van der Waals surface area contributed by atoms with Crippen molar-refractivity contribution in [2.75, 3.05) is 13.2 Å². The molecule has 2 aromatic heterocycles. The molecule has 0 bridgehead atoms. The Hall–Kier alpha value is -2.67. The molecule has 2 heterocycles. The lowest BCUT2D eigenvalue weighted by Gasteiger charge is -2.19. The molecule has 170 valence electrons. The van der Waals surface area contributed by atoms with Crippen LogP contribution in [0.25, 0.3) is 10.2 Å². The molecule has 7 heteroatoms. The molecule has 4 rings (SSSR count). The van der Waals surface area contributed by atoms with Crippen LogP contribution in [0.1, 0.15) is 61.9 Å². The average Bonchev–Trinajstić information content (AvgIpc) is 3.14. The number of amides is 1. The Balaban J connectivity index is 1.24. The number of H-pyrrole nitrogens is 1. The number of hydrogen-bond donors (Lipinski definition) is 2. The highest BCUT2D eigenvalue weighted by Crippen LogP contribution is 2.33. The van der Waals surface area contributed by atoms with E-state index in [0.29, 0.717) is 25.4 Å². The van der Waals surface area contributed by atoms with Gasteiger partial charge in [0, 0.05) is 17.7 Å². The van der Waals surface area contributed by atoms with Crippen LogP contribution in [0.15, 0.2) is 29.1 Å². The van der Waals surface area contributed by atoms with Crippen molar-refractivity contribution < 1.29 is 9.53 Å². The van der Waals surface area contributed by atoms with Gasteiger partial charge in [0.2, 0.25) is 5.91 Å². The topological polar surface area (TPSA) is 84.1 Å². The van der Waals surface area contributed by atoms with Gasteiger partial charge >= 0.3 is 0 Å². The molecule has 3 aromatic rings. The number of nitrogens with zero attached hydrogens (tertiary/aromatic N) is 1. The summed E-state index contributed by atoms with van der Waals surface area (Å²) in [6, 6.07) is 8.07. The van der Waals surface area contributed by atoms with Crippen molar-refractivity contribution >= 4 is 27.5 Å². The standard InChI is InChI=1S/C25H31N3O3S/c1-25(2,3)16-8-10-17(11-9-16)31-15-14-26-21(29)13-12-20-27-23(30)22-18-6-4-5-7-19(18)32-24(22)28-20/h8-11H,4-7,12-15H2,1-3H3,(H,26,29)(H,27,28,30). The molecular formula is C25H31N3O3S. The number of hydrogen-bond acceptors (Lipinski definition) is 5. The molecular weight excluding hydrogens is 422 g/mol. The lowest BCUT2D eigenvalue weighted by atomic mass is 9.87. The van der Waals surface area contributed by atoms with Gasteiger partial charge in [0.05, 0.1) is 11.9 Å². The second-order valence-corrected chi connectivity index (χ2v) is 10.5. The molecule has 0 fully saturated rings. The average molecular weight is 454 g/mol. The molecule has 0 spiro atoms. The number of carbonyl (C=O) groups excluding carboxylic acids is 1. The van der Waals surface area contributed by atoms with E-state index in [1.165, 1.54) is 22.4 Å². The number of benzene rings is 1. The quantitative estimate of drug-likeness (QED) is 0.523. The molecule has 1 aromatic carbocycles. The summed E-state index contributed by atoms with van der Waals surface area (Å²) in [5, 5.41) is 3.62. The molecule has 1 aliphatic carbocycles. The molecule has 0 aliphatic heterocycles. The molecule has 32 heavy (non-hydrogen) atoms. The summed E-state index contributed by atoms with van der Waals surface area (Å²) in [7, 11) is 0. The molecule has 0 saturated carbocycles. The minimum Gasteiger partial charge on any atom is -0.492 e. The van der Waals surface area contributed by atoms with Gasteiger partial charge in [-0.1, -0.05) is 32.9 Å². The third kappa shape index (κ3) is 5.21. The van der Waals surface area contributed by atoms with Gasteiger partial charge in [0.25, 0.3) is 5.56 Å². The number of carbonyl (C=O) groups is 1. The molecule has 1 amide bonds. The summed E-state index contributed by atoms with van der Waals surface area (Å²) >= 11 is 1.63. The Morgan fingerprint density at radius 3 is 2.69 bits per heavy atom. The first-order chi connectivity index (χ1) is 15.3. The van der Waals surface area contributed by atoms with Crippen LogP contribution in [0.5, 0.6) is 5.75 Å². The van der Waals surface area contributed by atoms with E-state index >= 15 is 0 Å². The van der Waals surface area contributed by atoms with Crippen LogP contribution in [0, 0.1) is 0 Å². The third-order valence-electron chi connectivity index (χ3n) is 5.88. The first-order valence-electron chi connectivity index (χ1n) is 11.3. The number of aromatic nitrogens is 2. The summed E-state index contributed by atoms with van der Waals surface area (Å²) < 4.78 is 5.72. The summed E-state index contributed by atoms with van der Waals surface area (Å²) in [5.41, 5.74) is 2.47. The van der Waals surface area contributed by atoms with Gasteiger partial charge in [0.15, 0.2) is 0 Å². The monoisotopic (exact) mass is 453 g/mol. The zero-order valence-electron chi connectivity index (χ0n) is 19.0. The molecule has 0 unspecified atom stereocenters. The van der Waals surface area contributed by atoms with Gasteiger partial charge in [-0.15, -0.1) is 11.3 Å². The highest BCUT2D eigenvalue weighted by molar-refractivity contribution is 7.18. The van der Waals surface area contributed by atoms with Crippen molar-refractivity contribution in [2.45, 2.75) is 64.7 Å². The Bertz CT molecular complexity index is 1160. The first-order valence-corrected chi connectivity index (χ1v) is 12.2. The van der Waals surface area contributed by atoms with Crippen molar-refractivity contribution in [1.29, 1.82) is 0 Å². The molecule has 0 radical (unpaired) electrons. The van der Waals surface area contributed by atoms with Crippen molar-refractivity contribution in [3.8, 4) is 5.75 Å². The van der Waals surface area contributed by atoms with Crippen molar-refractivity contribution in [3.05, 3.63) is 56.4 Å². The highest BCUT2D eigenvalue weighted by atomic mass is 32.1. The van der Waals surface area contributed by atoms with Gasteiger partial charge in [-0.3, -0.25) is 9.59 Å². The van der Waals surface area contributed by atoms with Gasteiger partial charge in [-0.2, -0.15) is 0 Å². The number of thiophene rings is 1. The Labute approximate surface area is 192 Å². The predicted molar refractivity (Wildman–Crippen MR) is 129 cm³/mol. The summed E-state index contributed by atoms with van der Waals surface area (Å²) in [6.07, 6.45) is 5.00. The van der Waals surface area contributed by atoms with E-state index in [9.17, 15) is 9.59 Å². The molecule has 0 saturated heterocycles. The first kappa shape index (κ1) is 22.5. The van der Waals surface area contributed by atoms with Gasteiger partial charge in [0.1, 0.15) is 23.0 Å². The number of fused-ring (bicyclic) bond motifs is 3. The van der Waals surface area contributed by atoms with Gasteiger partial charge < -0.3 is 15.0 Å². The smallest absolute Gasteiger partial charge is 0.259 e.